The molecule has 1 fully saturated rings. The third-order valence-corrected chi connectivity index (χ3v) is 5.57. The van der Waals surface area contributed by atoms with E-state index in [4.69, 9.17) is 4.98 Å². The summed E-state index contributed by atoms with van der Waals surface area (Å²) in [4.78, 5) is 26.7. The van der Waals surface area contributed by atoms with Crippen LogP contribution in [0, 0.1) is 6.92 Å². The molecule has 1 aromatic carbocycles. The molecule has 1 amide bonds. The van der Waals surface area contributed by atoms with Gasteiger partial charge < -0.3 is 20.4 Å². The number of aromatic nitrogens is 2. The number of carbonyl (C=O) groups excluding carboxylic acids is 1. The van der Waals surface area contributed by atoms with E-state index in [1.54, 1.807) is 6.20 Å². The van der Waals surface area contributed by atoms with E-state index in [2.05, 4.69) is 46.3 Å². The number of hydrogen-bond acceptors (Lipinski definition) is 6. The number of fused-ring (bicyclic) bond motifs is 2. The highest BCUT2D eigenvalue weighted by Gasteiger charge is 2.29. The predicted octanol–water partition coefficient (Wildman–Crippen LogP) is 3.40. The van der Waals surface area contributed by atoms with Gasteiger partial charge in [-0.15, -0.1) is 0 Å². The van der Waals surface area contributed by atoms with Crippen LogP contribution in [0.4, 0.5) is 23.1 Å². The minimum absolute atomic E-state index is 0.186. The first kappa shape index (κ1) is 18.7. The third-order valence-electron chi connectivity index (χ3n) is 5.57. The van der Waals surface area contributed by atoms with Gasteiger partial charge in [0, 0.05) is 18.3 Å². The van der Waals surface area contributed by atoms with Crippen molar-refractivity contribution in [1.29, 1.82) is 0 Å². The second kappa shape index (κ2) is 7.39. The molecule has 4 rings (SSSR count). The highest BCUT2D eigenvalue weighted by molar-refractivity contribution is 6.11. The summed E-state index contributed by atoms with van der Waals surface area (Å²) in [5, 5.41) is 6.29. The number of hydrogen-bond donors (Lipinski definition) is 2. The molecule has 2 aromatic rings. The minimum Gasteiger partial charge on any atom is -0.338 e. The molecule has 1 saturated heterocycles. The Balaban J connectivity index is 1.69. The summed E-state index contributed by atoms with van der Waals surface area (Å²) in [5.74, 6) is 1.05. The highest BCUT2D eigenvalue weighted by atomic mass is 16.1. The second-order valence-electron chi connectivity index (χ2n) is 8.10. The average Bonchev–Trinajstić information content (AvgIpc) is 2.78. The average molecular weight is 380 g/mol. The Morgan fingerprint density at radius 2 is 1.93 bits per heavy atom. The van der Waals surface area contributed by atoms with Gasteiger partial charge in [0.15, 0.2) is 0 Å². The van der Waals surface area contributed by atoms with Crippen LogP contribution in [0.1, 0.15) is 42.6 Å². The van der Waals surface area contributed by atoms with Crippen molar-refractivity contribution >= 4 is 29.0 Å². The quantitative estimate of drug-likeness (QED) is 0.850. The molecule has 7 heteroatoms. The lowest BCUT2D eigenvalue weighted by molar-refractivity contribution is 0.102. The van der Waals surface area contributed by atoms with Gasteiger partial charge in [0.25, 0.3) is 5.91 Å². The number of anilines is 4. The Bertz CT molecular complexity index is 888. The van der Waals surface area contributed by atoms with Crippen molar-refractivity contribution in [2.24, 2.45) is 0 Å². The molecule has 2 N–H and O–H groups in total. The van der Waals surface area contributed by atoms with Gasteiger partial charge >= 0.3 is 0 Å². The van der Waals surface area contributed by atoms with Crippen molar-refractivity contribution in [3.8, 4) is 0 Å². The summed E-state index contributed by atoms with van der Waals surface area (Å²) in [5.41, 5.74) is 3.16. The fourth-order valence-corrected chi connectivity index (χ4v) is 4.04. The Labute approximate surface area is 166 Å². The summed E-state index contributed by atoms with van der Waals surface area (Å²) in [6.07, 6.45) is 3.82. The molecule has 0 atom stereocenters. The Hall–Kier alpha value is -2.67. The van der Waals surface area contributed by atoms with Crippen molar-refractivity contribution in [3.05, 3.63) is 35.5 Å². The van der Waals surface area contributed by atoms with E-state index in [-0.39, 0.29) is 11.9 Å². The number of rotatable bonds is 3. The van der Waals surface area contributed by atoms with Gasteiger partial charge in [-0.05, 0) is 71.4 Å². The maximum Gasteiger partial charge on any atom is 0.261 e. The molecule has 2 aliphatic rings. The van der Waals surface area contributed by atoms with Crippen LogP contribution in [0.5, 0.6) is 0 Å². The zero-order valence-electron chi connectivity index (χ0n) is 17.0. The van der Waals surface area contributed by atoms with Crippen molar-refractivity contribution in [1.82, 2.24) is 14.9 Å². The van der Waals surface area contributed by atoms with Gasteiger partial charge in [-0.1, -0.05) is 6.07 Å². The van der Waals surface area contributed by atoms with Crippen LogP contribution in [0.2, 0.25) is 0 Å². The first-order valence-electron chi connectivity index (χ1n) is 9.95. The predicted molar refractivity (Wildman–Crippen MR) is 113 cm³/mol. The monoisotopic (exact) mass is 380 g/mol. The van der Waals surface area contributed by atoms with Crippen LogP contribution in [0.25, 0.3) is 0 Å². The van der Waals surface area contributed by atoms with Crippen molar-refractivity contribution in [2.75, 3.05) is 35.7 Å². The van der Waals surface area contributed by atoms with Crippen LogP contribution in [-0.4, -0.2) is 53.0 Å². The number of likely N-dealkylation sites (tertiary alicyclic amines) is 1. The zero-order chi connectivity index (χ0) is 19.8. The maximum atomic E-state index is 12.7. The van der Waals surface area contributed by atoms with E-state index in [0.717, 1.165) is 42.9 Å². The number of nitrogens with one attached hydrogen (secondary N) is 2. The molecule has 2 aliphatic heterocycles. The van der Waals surface area contributed by atoms with E-state index in [0.29, 0.717) is 23.4 Å². The van der Waals surface area contributed by atoms with Crippen LogP contribution in [-0.2, 0) is 0 Å². The number of nitrogens with zero attached hydrogens (tertiary/aromatic N) is 4. The molecular formula is C21H28N6O. The molecule has 0 radical (unpaired) electrons. The summed E-state index contributed by atoms with van der Waals surface area (Å²) in [6, 6.07) is 6.63. The van der Waals surface area contributed by atoms with Gasteiger partial charge in [-0.25, -0.2) is 4.98 Å². The van der Waals surface area contributed by atoms with Crippen LogP contribution in [0.3, 0.4) is 0 Å². The number of piperidine rings is 1. The van der Waals surface area contributed by atoms with Crippen LogP contribution >= 0.6 is 0 Å². The molecule has 0 spiro atoms. The fraction of sp³-hybridized carbons (Fsp3) is 0.476. The van der Waals surface area contributed by atoms with E-state index in [1.807, 2.05) is 25.1 Å². The highest BCUT2D eigenvalue weighted by Crippen LogP contribution is 2.33. The molecular weight excluding hydrogens is 352 g/mol. The van der Waals surface area contributed by atoms with Gasteiger partial charge in [0.2, 0.25) is 5.95 Å². The molecule has 7 nitrogen and oxygen atoms in total. The lowest BCUT2D eigenvalue weighted by Crippen LogP contribution is -2.47. The lowest BCUT2D eigenvalue weighted by atomic mass is 10.0. The number of aryl methyl sites for hydroxylation is 1. The number of benzene rings is 1. The first-order chi connectivity index (χ1) is 13.4. The molecule has 0 aliphatic carbocycles. The molecule has 28 heavy (non-hydrogen) atoms. The molecule has 0 bridgehead atoms. The van der Waals surface area contributed by atoms with Crippen LogP contribution in [0.15, 0.2) is 24.4 Å². The van der Waals surface area contributed by atoms with Gasteiger partial charge in [0.05, 0.1) is 11.4 Å². The van der Waals surface area contributed by atoms with Crippen LogP contribution < -0.4 is 15.5 Å². The first-order valence-corrected chi connectivity index (χ1v) is 9.95. The summed E-state index contributed by atoms with van der Waals surface area (Å²) in [7, 11) is 2.16. The normalized spacial score (nSPS) is 17.4. The van der Waals surface area contributed by atoms with Gasteiger partial charge in [0.1, 0.15) is 11.4 Å². The molecule has 1 aromatic heterocycles. The fourth-order valence-electron chi connectivity index (χ4n) is 4.04. The van der Waals surface area contributed by atoms with E-state index in [1.165, 1.54) is 0 Å². The summed E-state index contributed by atoms with van der Waals surface area (Å²) < 4.78 is 0. The van der Waals surface area contributed by atoms with E-state index in [9.17, 15) is 4.79 Å². The van der Waals surface area contributed by atoms with E-state index >= 15 is 0 Å². The zero-order valence-corrected chi connectivity index (χ0v) is 17.0. The SMILES string of the molecule is Cc1ccc2c(c1)NC(=O)c1cnc(N(C(C)C)C3CCN(C)CC3)nc1N2. The van der Waals surface area contributed by atoms with Crippen molar-refractivity contribution in [2.45, 2.75) is 45.7 Å². The van der Waals surface area contributed by atoms with Crippen molar-refractivity contribution in [3.63, 3.8) is 0 Å². The number of amides is 1. The maximum absolute atomic E-state index is 12.7. The smallest absolute Gasteiger partial charge is 0.261 e. The molecule has 0 unspecified atom stereocenters. The lowest BCUT2D eigenvalue weighted by Gasteiger charge is -2.39. The Morgan fingerprint density at radius 1 is 1.18 bits per heavy atom. The largest absolute Gasteiger partial charge is 0.338 e. The second-order valence-corrected chi connectivity index (χ2v) is 8.10. The Morgan fingerprint density at radius 3 is 2.64 bits per heavy atom. The molecule has 3 heterocycles. The van der Waals surface area contributed by atoms with E-state index < -0.39 is 0 Å². The number of carbonyl (C=O) groups is 1. The topological polar surface area (TPSA) is 73.4 Å². The minimum atomic E-state index is -0.186. The third kappa shape index (κ3) is 3.54. The summed E-state index contributed by atoms with van der Waals surface area (Å²) in [6.45, 7) is 8.50. The molecule has 0 saturated carbocycles. The standard InChI is InChI=1S/C21H28N6O/c1-13(2)27(15-7-9-26(4)10-8-15)21-22-12-16-19(25-21)23-17-6-5-14(3)11-18(17)24-20(16)28/h5-6,11-13,15H,7-10H2,1-4H3,(H,24,28)(H,22,23,25). The summed E-state index contributed by atoms with van der Waals surface area (Å²) >= 11 is 0. The van der Waals surface area contributed by atoms with Crippen molar-refractivity contribution < 1.29 is 4.79 Å². The van der Waals surface area contributed by atoms with Gasteiger partial charge in [-0.2, -0.15) is 4.98 Å². The Kier molecular flexibility index (Phi) is 4.93. The van der Waals surface area contributed by atoms with Gasteiger partial charge in [-0.3, -0.25) is 4.79 Å². The molecule has 148 valence electrons.